The van der Waals surface area contributed by atoms with Crippen molar-refractivity contribution >= 4 is 0 Å². The highest BCUT2D eigenvalue weighted by Gasteiger charge is 2.35. The monoisotopic (exact) mass is 226 g/mol. The van der Waals surface area contributed by atoms with Crippen LogP contribution in [0, 0.1) is 0 Å². The highest BCUT2D eigenvalue weighted by molar-refractivity contribution is 4.92. The fourth-order valence-electron chi connectivity index (χ4n) is 3.24. The minimum Gasteiger partial charge on any atom is -0.381 e. The molecule has 0 radical (unpaired) electrons. The molecule has 4 unspecified atom stereocenters. The summed E-state index contributed by atoms with van der Waals surface area (Å²) in [5.41, 5.74) is 0. The van der Waals surface area contributed by atoms with Crippen LogP contribution in [0.15, 0.2) is 0 Å². The topological polar surface area (TPSA) is 24.5 Å². The minimum atomic E-state index is 0.507. The first-order chi connectivity index (χ1) is 7.74. The molecule has 1 aliphatic heterocycles. The van der Waals surface area contributed by atoms with E-state index in [4.69, 9.17) is 4.74 Å². The molecule has 2 aliphatic rings. The standard InChI is InChI=1S/C13H26N2O/c1-4-11-8-14-10(2)9-15(11)12-5-6-13(7-12)16-3/h10-14H,4-9H2,1-3H3. The molecule has 1 heterocycles. The molecule has 94 valence electrons. The molecule has 0 bridgehead atoms. The normalized spacial score (nSPS) is 41.4. The Labute approximate surface area is 99.5 Å². The van der Waals surface area contributed by atoms with Crippen LogP contribution in [0.5, 0.6) is 0 Å². The van der Waals surface area contributed by atoms with E-state index in [0.29, 0.717) is 12.1 Å². The summed E-state index contributed by atoms with van der Waals surface area (Å²) in [5, 5.41) is 3.59. The van der Waals surface area contributed by atoms with Crippen LogP contribution in [0.25, 0.3) is 0 Å². The van der Waals surface area contributed by atoms with Gasteiger partial charge in [-0.25, -0.2) is 0 Å². The number of rotatable bonds is 3. The number of piperazine rings is 1. The second-order valence-electron chi connectivity index (χ2n) is 5.39. The van der Waals surface area contributed by atoms with E-state index in [1.165, 1.54) is 32.2 Å². The fraction of sp³-hybridized carbons (Fsp3) is 1.00. The van der Waals surface area contributed by atoms with Crippen molar-refractivity contribution in [3.05, 3.63) is 0 Å². The Morgan fingerprint density at radius 3 is 2.81 bits per heavy atom. The molecule has 2 fully saturated rings. The van der Waals surface area contributed by atoms with Crippen LogP contribution in [0.3, 0.4) is 0 Å². The van der Waals surface area contributed by atoms with Gasteiger partial charge in [0.1, 0.15) is 0 Å². The summed E-state index contributed by atoms with van der Waals surface area (Å²) in [4.78, 5) is 2.74. The Bertz CT molecular complexity index is 222. The van der Waals surface area contributed by atoms with Crippen molar-refractivity contribution in [1.29, 1.82) is 0 Å². The summed E-state index contributed by atoms with van der Waals surface area (Å²) in [6, 6.07) is 2.14. The van der Waals surface area contributed by atoms with Gasteiger partial charge in [0.05, 0.1) is 6.10 Å². The number of hydrogen-bond acceptors (Lipinski definition) is 3. The molecule has 4 atom stereocenters. The average Bonchev–Trinajstić information content (AvgIpc) is 2.77. The number of ether oxygens (including phenoxy) is 1. The van der Waals surface area contributed by atoms with Crippen LogP contribution in [-0.4, -0.2) is 49.3 Å². The molecule has 0 aromatic rings. The van der Waals surface area contributed by atoms with Gasteiger partial charge in [0, 0.05) is 38.3 Å². The van der Waals surface area contributed by atoms with Crippen LogP contribution in [0.2, 0.25) is 0 Å². The van der Waals surface area contributed by atoms with E-state index in [1.54, 1.807) is 0 Å². The first kappa shape index (κ1) is 12.3. The van der Waals surface area contributed by atoms with Crippen LogP contribution in [0.1, 0.15) is 39.5 Å². The maximum Gasteiger partial charge on any atom is 0.0586 e. The fourth-order valence-corrected chi connectivity index (χ4v) is 3.24. The maximum absolute atomic E-state index is 5.49. The minimum absolute atomic E-state index is 0.507. The van der Waals surface area contributed by atoms with Gasteiger partial charge < -0.3 is 10.1 Å². The zero-order valence-electron chi connectivity index (χ0n) is 10.9. The van der Waals surface area contributed by atoms with Crippen LogP contribution >= 0.6 is 0 Å². The van der Waals surface area contributed by atoms with Crippen LogP contribution < -0.4 is 5.32 Å². The second kappa shape index (κ2) is 5.48. The van der Waals surface area contributed by atoms with E-state index in [-0.39, 0.29) is 0 Å². The quantitative estimate of drug-likeness (QED) is 0.791. The summed E-state index contributed by atoms with van der Waals surface area (Å²) < 4.78 is 5.49. The van der Waals surface area contributed by atoms with Gasteiger partial charge in [-0.15, -0.1) is 0 Å². The lowest BCUT2D eigenvalue weighted by atomic mass is 10.0. The third-order valence-electron chi connectivity index (χ3n) is 4.29. The molecule has 0 spiro atoms. The third-order valence-corrected chi connectivity index (χ3v) is 4.29. The largest absolute Gasteiger partial charge is 0.381 e. The van der Waals surface area contributed by atoms with E-state index in [1.807, 2.05) is 7.11 Å². The van der Waals surface area contributed by atoms with Crippen molar-refractivity contribution in [3.8, 4) is 0 Å². The number of nitrogens with one attached hydrogen (secondary N) is 1. The van der Waals surface area contributed by atoms with E-state index < -0.39 is 0 Å². The molecule has 3 nitrogen and oxygen atoms in total. The molecule has 1 N–H and O–H groups in total. The van der Waals surface area contributed by atoms with Crippen LogP contribution in [-0.2, 0) is 4.74 Å². The summed E-state index contributed by atoms with van der Waals surface area (Å²) >= 11 is 0. The average molecular weight is 226 g/mol. The SMILES string of the molecule is CCC1CNC(C)CN1C1CCC(OC)C1. The third kappa shape index (κ3) is 2.58. The van der Waals surface area contributed by atoms with Crippen molar-refractivity contribution in [3.63, 3.8) is 0 Å². The van der Waals surface area contributed by atoms with Crippen molar-refractivity contribution in [2.75, 3.05) is 20.2 Å². The van der Waals surface area contributed by atoms with Crippen LogP contribution in [0.4, 0.5) is 0 Å². The molecule has 2 rings (SSSR count). The van der Waals surface area contributed by atoms with Crippen molar-refractivity contribution < 1.29 is 4.74 Å². The summed E-state index contributed by atoms with van der Waals surface area (Å²) in [6.07, 6.45) is 5.57. The van der Waals surface area contributed by atoms with E-state index in [9.17, 15) is 0 Å². The zero-order valence-corrected chi connectivity index (χ0v) is 10.9. The Morgan fingerprint density at radius 2 is 2.19 bits per heavy atom. The van der Waals surface area contributed by atoms with Crippen molar-refractivity contribution in [1.82, 2.24) is 10.2 Å². The molecule has 3 heteroatoms. The van der Waals surface area contributed by atoms with E-state index in [0.717, 1.165) is 18.6 Å². The molecule has 0 amide bonds. The molecular weight excluding hydrogens is 200 g/mol. The Balaban J connectivity index is 1.95. The smallest absolute Gasteiger partial charge is 0.0586 e. The Hall–Kier alpha value is -0.120. The number of hydrogen-bond donors (Lipinski definition) is 1. The lowest BCUT2D eigenvalue weighted by Crippen LogP contribution is -2.58. The molecule has 16 heavy (non-hydrogen) atoms. The van der Waals surface area contributed by atoms with E-state index >= 15 is 0 Å². The maximum atomic E-state index is 5.49. The molecule has 0 aromatic heterocycles. The van der Waals surface area contributed by atoms with Crippen molar-refractivity contribution in [2.45, 2.75) is 63.8 Å². The van der Waals surface area contributed by atoms with Gasteiger partial charge in [0.25, 0.3) is 0 Å². The first-order valence-corrected chi connectivity index (χ1v) is 6.76. The van der Waals surface area contributed by atoms with Gasteiger partial charge >= 0.3 is 0 Å². The molecule has 1 saturated carbocycles. The predicted molar refractivity (Wildman–Crippen MR) is 66.7 cm³/mol. The van der Waals surface area contributed by atoms with Crippen molar-refractivity contribution in [2.24, 2.45) is 0 Å². The van der Waals surface area contributed by atoms with Gasteiger partial charge in [-0.05, 0) is 32.6 Å². The Morgan fingerprint density at radius 1 is 1.38 bits per heavy atom. The summed E-state index contributed by atoms with van der Waals surface area (Å²) in [7, 11) is 1.85. The summed E-state index contributed by atoms with van der Waals surface area (Å²) in [5.74, 6) is 0. The first-order valence-electron chi connectivity index (χ1n) is 6.76. The molecular formula is C13H26N2O. The number of nitrogens with zero attached hydrogens (tertiary/aromatic N) is 1. The lowest BCUT2D eigenvalue weighted by Gasteiger charge is -2.42. The van der Waals surface area contributed by atoms with Gasteiger partial charge in [-0.2, -0.15) is 0 Å². The predicted octanol–water partition coefficient (Wildman–Crippen LogP) is 1.63. The van der Waals surface area contributed by atoms with Gasteiger partial charge in [-0.1, -0.05) is 6.92 Å². The van der Waals surface area contributed by atoms with Gasteiger partial charge in [-0.3, -0.25) is 4.90 Å². The Kier molecular flexibility index (Phi) is 4.22. The van der Waals surface area contributed by atoms with Gasteiger partial charge in [0.15, 0.2) is 0 Å². The highest BCUT2D eigenvalue weighted by Crippen LogP contribution is 2.29. The second-order valence-corrected chi connectivity index (χ2v) is 5.39. The highest BCUT2D eigenvalue weighted by atomic mass is 16.5. The lowest BCUT2D eigenvalue weighted by molar-refractivity contribution is 0.0637. The number of methoxy groups -OCH3 is 1. The molecule has 0 aromatic carbocycles. The van der Waals surface area contributed by atoms with Gasteiger partial charge in [0.2, 0.25) is 0 Å². The molecule has 1 saturated heterocycles. The molecule has 1 aliphatic carbocycles. The summed E-state index contributed by atoms with van der Waals surface area (Å²) in [6.45, 7) is 6.96. The van der Waals surface area contributed by atoms with E-state index in [2.05, 4.69) is 24.1 Å². The zero-order chi connectivity index (χ0) is 11.5.